The molecule has 1 amide bonds. The molecule has 1 fully saturated rings. The first-order valence-electron chi connectivity index (χ1n) is 5.87. The Kier molecular flexibility index (Phi) is 4.41. The van der Waals surface area contributed by atoms with Crippen molar-refractivity contribution >= 4 is 38.0 Å². The lowest BCUT2D eigenvalue weighted by molar-refractivity contribution is -0.383. The molecule has 1 aromatic rings. The predicted molar refractivity (Wildman–Crippen MR) is 75.1 cm³/mol. The number of amides is 1. The average Bonchev–Trinajstić information content (AvgIpc) is 3.10. The standard InChI is InChI=1S/C9H13N5O5S2/c10-13-9-6(14(16)17)3-8(20-9)21(18,19)11-4-7(15)12-5-1-2-5/h3,5,11,13H,1-2,4,10H2,(H,12,15). The number of nitrogens with one attached hydrogen (secondary N) is 3. The maximum absolute atomic E-state index is 12.0. The minimum atomic E-state index is -4.01. The summed E-state index contributed by atoms with van der Waals surface area (Å²) in [4.78, 5) is 21.4. The molecule has 0 radical (unpaired) electrons. The number of rotatable bonds is 7. The number of carbonyl (C=O) groups excluding carboxylic acids is 1. The summed E-state index contributed by atoms with van der Waals surface area (Å²) in [5.74, 6) is 4.67. The van der Waals surface area contributed by atoms with E-state index in [9.17, 15) is 23.3 Å². The van der Waals surface area contributed by atoms with Crippen molar-refractivity contribution in [1.82, 2.24) is 10.0 Å². The van der Waals surface area contributed by atoms with Crippen LogP contribution in [-0.4, -0.2) is 31.8 Å². The van der Waals surface area contributed by atoms with Gasteiger partial charge in [0.1, 0.15) is 4.21 Å². The minimum Gasteiger partial charge on any atom is -0.352 e. The van der Waals surface area contributed by atoms with Crippen LogP contribution in [0.25, 0.3) is 0 Å². The number of anilines is 1. The van der Waals surface area contributed by atoms with Crippen molar-refractivity contribution in [2.24, 2.45) is 5.84 Å². The van der Waals surface area contributed by atoms with Gasteiger partial charge in [0.2, 0.25) is 5.91 Å². The largest absolute Gasteiger partial charge is 0.352 e. The van der Waals surface area contributed by atoms with Gasteiger partial charge in [0.05, 0.1) is 11.5 Å². The van der Waals surface area contributed by atoms with Crippen LogP contribution in [0.15, 0.2) is 10.3 Å². The Balaban J connectivity index is 2.07. The number of carbonyl (C=O) groups is 1. The highest BCUT2D eigenvalue weighted by Gasteiger charge is 2.27. The normalized spacial score (nSPS) is 14.7. The van der Waals surface area contributed by atoms with Gasteiger partial charge >= 0.3 is 5.69 Å². The van der Waals surface area contributed by atoms with Crippen LogP contribution in [0.5, 0.6) is 0 Å². The zero-order chi connectivity index (χ0) is 15.6. The van der Waals surface area contributed by atoms with Crippen molar-refractivity contribution in [3.05, 3.63) is 16.2 Å². The minimum absolute atomic E-state index is 0.0807. The van der Waals surface area contributed by atoms with Gasteiger partial charge in [-0.25, -0.2) is 19.0 Å². The molecule has 1 aromatic heterocycles. The zero-order valence-electron chi connectivity index (χ0n) is 10.7. The van der Waals surface area contributed by atoms with Gasteiger partial charge in [0.25, 0.3) is 10.0 Å². The van der Waals surface area contributed by atoms with Crippen LogP contribution in [-0.2, 0) is 14.8 Å². The van der Waals surface area contributed by atoms with Crippen molar-refractivity contribution in [2.75, 3.05) is 12.0 Å². The lowest BCUT2D eigenvalue weighted by atomic mass is 10.5. The van der Waals surface area contributed by atoms with Gasteiger partial charge in [0.15, 0.2) is 5.00 Å². The Morgan fingerprint density at radius 3 is 2.67 bits per heavy atom. The first-order chi connectivity index (χ1) is 9.83. The summed E-state index contributed by atoms with van der Waals surface area (Å²) in [6, 6.07) is 1.01. The third-order valence-electron chi connectivity index (χ3n) is 2.65. The molecule has 0 aliphatic heterocycles. The number of hydrazine groups is 1. The third-order valence-corrected chi connectivity index (χ3v) is 5.58. The van der Waals surface area contributed by atoms with Gasteiger partial charge in [-0.15, -0.1) is 0 Å². The fourth-order valence-electron chi connectivity index (χ4n) is 1.47. The fraction of sp³-hybridized carbons (Fsp3) is 0.444. The second-order valence-corrected chi connectivity index (χ2v) is 7.39. The summed E-state index contributed by atoms with van der Waals surface area (Å²) in [7, 11) is -4.01. The number of hydrogen-bond acceptors (Lipinski definition) is 8. The second-order valence-electron chi connectivity index (χ2n) is 4.35. The SMILES string of the molecule is NNc1sc(S(=O)(=O)NCC(=O)NC2CC2)cc1[N+](=O)[O-]. The highest BCUT2D eigenvalue weighted by Crippen LogP contribution is 2.36. The second kappa shape index (κ2) is 5.93. The van der Waals surface area contributed by atoms with Crippen molar-refractivity contribution < 1.29 is 18.1 Å². The summed E-state index contributed by atoms with van der Waals surface area (Å²) in [6.45, 7) is -0.421. The summed E-state index contributed by atoms with van der Waals surface area (Å²) in [6.07, 6.45) is 1.78. The molecular weight excluding hydrogens is 322 g/mol. The number of nitrogen functional groups attached to an aromatic ring is 1. The number of sulfonamides is 1. The molecule has 0 aromatic carbocycles. The van der Waals surface area contributed by atoms with E-state index in [1.165, 1.54) is 0 Å². The average molecular weight is 335 g/mol. The quantitative estimate of drug-likeness (QED) is 0.297. The molecule has 0 bridgehead atoms. The van der Waals surface area contributed by atoms with E-state index in [-0.39, 0.29) is 15.3 Å². The fourth-order valence-corrected chi connectivity index (χ4v) is 3.73. The Morgan fingerprint density at radius 1 is 1.52 bits per heavy atom. The molecule has 1 saturated carbocycles. The van der Waals surface area contributed by atoms with E-state index in [0.29, 0.717) is 11.3 Å². The number of nitrogens with zero attached hydrogens (tertiary/aromatic N) is 1. The van der Waals surface area contributed by atoms with Gasteiger partial charge in [-0.3, -0.25) is 14.9 Å². The Morgan fingerprint density at radius 2 is 2.19 bits per heavy atom. The van der Waals surface area contributed by atoms with Crippen LogP contribution in [0, 0.1) is 10.1 Å². The third kappa shape index (κ3) is 3.87. The summed E-state index contributed by atoms with van der Waals surface area (Å²) in [5, 5.41) is 13.3. The lowest BCUT2D eigenvalue weighted by Crippen LogP contribution is -2.37. The Labute approximate surface area is 123 Å². The molecule has 0 spiro atoms. The number of hydrogen-bond donors (Lipinski definition) is 4. The van der Waals surface area contributed by atoms with Gasteiger partial charge < -0.3 is 10.7 Å². The zero-order valence-corrected chi connectivity index (χ0v) is 12.3. The first kappa shape index (κ1) is 15.6. The smallest absolute Gasteiger partial charge is 0.306 e. The Bertz CT molecular complexity index is 666. The molecule has 0 atom stereocenters. The monoisotopic (exact) mass is 335 g/mol. The van der Waals surface area contributed by atoms with Crippen molar-refractivity contribution in [1.29, 1.82) is 0 Å². The van der Waals surface area contributed by atoms with Crippen LogP contribution in [0.1, 0.15) is 12.8 Å². The van der Waals surface area contributed by atoms with Crippen molar-refractivity contribution in [3.8, 4) is 0 Å². The molecule has 0 saturated heterocycles. The molecule has 1 aliphatic carbocycles. The molecule has 1 aliphatic rings. The van der Waals surface area contributed by atoms with Gasteiger partial charge in [-0.2, -0.15) is 0 Å². The maximum atomic E-state index is 12.0. The molecule has 2 rings (SSSR count). The topological polar surface area (TPSA) is 156 Å². The van der Waals surface area contributed by atoms with Crippen molar-refractivity contribution in [3.63, 3.8) is 0 Å². The van der Waals surface area contributed by atoms with E-state index in [2.05, 4.69) is 15.5 Å². The molecule has 12 heteroatoms. The van der Waals surface area contributed by atoms with Crippen molar-refractivity contribution in [2.45, 2.75) is 23.1 Å². The van der Waals surface area contributed by atoms with Crippen LogP contribution in [0.2, 0.25) is 0 Å². The number of thiophene rings is 1. The number of nitrogens with two attached hydrogens (primary N) is 1. The van der Waals surface area contributed by atoms with E-state index < -0.39 is 33.1 Å². The molecule has 0 unspecified atom stereocenters. The van der Waals surface area contributed by atoms with Gasteiger partial charge in [-0.1, -0.05) is 11.3 Å². The van der Waals surface area contributed by atoms with Crippen LogP contribution < -0.4 is 21.3 Å². The molecule has 5 N–H and O–H groups in total. The van der Waals surface area contributed by atoms with Crippen LogP contribution in [0.4, 0.5) is 10.7 Å². The van der Waals surface area contributed by atoms with Crippen LogP contribution >= 0.6 is 11.3 Å². The molecule has 1 heterocycles. The number of nitro groups is 1. The predicted octanol–water partition coefficient (Wildman–Crippen LogP) is -0.501. The van der Waals surface area contributed by atoms with E-state index in [4.69, 9.17) is 5.84 Å². The highest BCUT2D eigenvalue weighted by atomic mass is 32.2. The molecule has 10 nitrogen and oxygen atoms in total. The van der Waals surface area contributed by atoms with Crippen LogP contribution in [0.3, 0.4) is 0 Å². The summed E-state index contributed by atoms with van der Waals surface area (Å²) in [5.41, 5.74) is 1.63. The maximum Gasteiger partial charge on any atom is 0.306 e. The summed E-state index contributed by atoms with van der Waals surface area (Å²) >= 11 is 0.613. The van der Waals surface area contributed by atoms with E-state index in [1.807, 2.05) is 0 Å². The lowest BCUT2D eigenvalue weighted by Gasteiger charge is -2.05. The van der Waals surface area contributed by atoms with Gasteiger partial charge in [0, 0.05) is 12.1 Å². The van der Waals surface area contributed by atoms with E-state index in [1.54, 1.807) is 0 Å². The molecular formula is C9H13N5O5S2. The van der Waals surface area contributed by atoms with E-state index >= 15 is 0 Å². The first-order valence-corrected chi connectivity index (χ1v) is 8.17. The Hall–Kier alpha value is -1.76. The molecule has 21 heavy (non-hydrogen) atoms. The van der Waals surface area contributed by atoms with Gasteiger partial charge in [-0.05, 0) is 12.8 Å². The van der Waals surface area contributed by atoms with E-state index in [0.717, 1.165) is 18.9 Å². The summed E-state index contributed by atoms with van der Waals surface area (Å²) < 4.78 is 25.7. The molecule has 116 valence electrons. The highest BCUT2D eigenvalue weighted by molar-refractivity contribution is 7.91.